The summed E-state index contributed by atoms with van der Waals surface area (Å²) in [6.07, 6.45) is 1.19. The number of amides is 3. The smallest absolute Gasteiger partial charge is 0.264 e. The Bertz CT molecular complexity index is 768. The van der Waals surface area contributed by atoms with E-state index < -0.39 is 0 Å². The minimum absolute atomic E-state index is 0.0499. The average molecular weight is 499 g/mol. The highest BCUT2D eigenvalue weighted by molar-refractivity contribution is 9.11. The molecule has 7 nitrogen and oxygen atoms in total. The van der Waals surface area contributed by atoms with Gasteiger partial charge in [-0.05, 0) is 46.3 Å². The first-order valence-corrected chi connectivity index (χ1v) is 12.1. The van der Waals surface area contributed by atoms with Crippen LogP contribution in [-0.2, 0) is 9.59 Å². The molecular weight excluding hydrogens is 468 g/mol. The van der Waals surface area contributed by atoms with Gasteiger partial charge in [-0.3, -0.25) is 19.3 Å². The second-order valence-electron chi connectivity index (χ2n) is 8.67. The molecule has 2 aliphatic heterocycles. The van der Waals surface area contributed by atoms with Gasteiger partial charge in [0.1, 0.15) is 0 Å². The van der Waals surface area contributed by atoms with Crippen molar-refractivity contribution in [1.82, 2.24) is 19.6 Å². The first-order valence-electron chi connectivity index (χ1n) is 10.5. The average Bonchev–Trinajstić information content (AvgIpc) is 3.13. The summed E-state index contributed by atoms with van der Waals surface area (Å²) in [6.45, 7) is 9.16. The molecule has 3 rings (SSSR count). The normalized spacial score (nSPS) is 22.8. The molecule has 0 aromatic carbocycles. The van der Waals surface area contributed by atoms with Crippen LogP contribution in [0.2, 0.25) is 0 Å². The number of halogens is 1. The van der Waals surface area contributed by atoms with Gasteiger partial charge in [-0.25, -0.2) is 0 Å². The molecule has 0 saturated carbocycles. The molecule has 30 heavy (non-hydrogen) atoms. The molecule has 2 saturated heterocycles. The molecule has 2 unspecified atom stereocenters. The number of nitrogens with zero attached hydrogens (tertiary/aromatic N) is 4. The molecule has 166 valence electrons. The topological polar surface area (TPSA) is 64.2 Å². The number of hydrogen-bond donors (Lipinski definition) is 0. The zero-order valence-corrected chi connectivity index (χ0v) is 20.4. The Hall–Kier alpha value is -1.45. The van der Waals surface area contributed by atoms with Crippen molar-refractivity contribution < 1.29 is 14.4 Å². The number of carbonyl (C=O) groups is 3. The van der Waals surface area contributed by atoms with Crippen molar-refractivity contribution in [1.29, 1.82) is 0 Å². The van der Waals surface area contributed by atoms with Gasteiger partial charge < -0.3 is 14.7 Å². The number of piperidine rings is 1. The van der Waals surface area contributed by atoms with Gasteiger partial charge in [0.15, 0.2) is 0 Å². The van der Waals surface area contributed by atoms with E-state index in [0.717, 1.165) is 16.9 Å². The minimum atomic E-state index is -0.145. The Morgan fingerprint density at radius 1 is 1.03 bits per heavy atom. The molecule has 0 N–H and O–H groups in total. The fraction of sp³-hybridized carbons (Fsp3) is 0.667. The molecule has 0 spiro atoms. The summed E-state index contributed by atoms with van der Waals surface area (Å²) in [4.78, 5) is 45.8. The van der Waals surface area contributed by atoms with E-state index in [0.29, 0.717) is 49.4 Å². The number of hydrogen-bond acceptors (Lipinski definition) is 5. The molecule has 3 amide bonds. The highest BCUT2D eigenvalue weighted by Crippen LogP contribution is 2.23. The summed E-state index contributed by atoms with van der Waals surface area (Å²) in [7, 11) is 1.66. The van der Waals surface area contributed by atoms with E-state index in [1.807, 2.05) is 11.0 Å². The maximum atomic E-state index is 12.7. The van der Waals surface area contributed by atoms with Crippen LogP contribution in [0.5, 0.6) is 0 Å². The zero-order chi connectivity index (χ0) is 21.8. The Morgan fingerprint density at radius 2 is 1.67 bits per heavy atom. The van der Waals surface area contributed by atoms with E-state index in [4.69, 9.17) is 0 Å². The molecule has 2 aliphatic rings. The third-order valence-corrected chi connectivity index (χ3v) is 7.42. The van der Waals surface area contributed by atoms with Crippen LogP contribution in [0.1, 0.15) is 29.9 Å². The first-order chi connectivity index (χ1) is 14.2. The highest BCUT2D eigenvalue weighted by atomic mass is 79.9. The Morgan fingerprint density at radius 3 is 2.23 bits per heavy atom. The van der Waals surface area contributed by atoms with E-state index in [9.17, 15) is 14.4 Å². The van der Waals surface area contributed by atoms with Crippen LogP contribution >= 0.6 is 27.3 Å². The summed E-state index contributed by atoms with van der Waals surface area (Å²) in [5.41, 5.74) is 0. The summed E-state index contributed by atoms with van der Waals surface area (Å²) in [5, 5.41) is 0. The summed E-state index contributed by atoms with van der Waals surface area (Å²) in [5.74, 6) is 1.12. The van der Waals surface area contributed by atoms with Crippen molar-refractivity contribution in [2.24, 2.45) is 11.8 Å². The molecule has 0 bridgehead atoms. The van der Waals surface area contributed by atoms with Crippen LogP contribution in [0, 0.1) is 11.8 Å². The summed E-state index contributed by atoms with van der Waals surface area (Å²) in [6, 6.07) is 3.59. The Balaban J connectivity index is 1.42. The van der Waals surface area contributed by atoms with Crippen molar-refractivity contribution in [3.63, 3.8) is 0 Å². The Kier molecular flexibility index (Phi) is 7.92. The van der Waals surface area contributed by atoms with Crippen LogP contribution < -0.4 is 0 Å². The molecular formula is C21H31BrN4O3S. The Labute approximate surface area is 191 Å². The van der Waals surface area contributed by atoms with Gasteiger partial charge in [-0.15, -0.1) is 11.3 Å². The number of carbonyl (C=O) groups excluding carboxylic acids is 3. The lowest BCUT2D eigenvalue weighted by Gasteiger charge is -2.38. The monoisotopic (exact) mass is 498 g/mol. The lowest BCUT2D eigenvalue weighted by Crippen LogP contribution is -2.54. The quantitative estimate of drug-likeness (QED) is 0.624. The van der Waals surface area contributed by atoms with Gasteiger partial charge in [0.25, 0.3) is 5.91 Å². The third-order valence-electron chi connectivity index (χ3n) is 5.81. The van der Waals surface area contributed by atoms with Gasteiger partial charge in [-0.2, -0.15) is 0 Å². The maximum absolute atomic E-state index is 12.7. The number of piperazine rings is 1. The second kappa shape index (κ2) is 10.2. The van der Waals surface area contributed by atoms with Crippen LogP contribution in [-0.4, -0.2) is 96.7 Å². The number of likely N-dealkylation sites (N-methyl/N-ethyl adjacent to an activating group) is 1. The molecule has 2 atom stereocenters. The number of thiophene rings is 1. The molecule has 9 heteroatoms. The lowest BCUT2D eigenvalue weighted by molar-refractivity contribution is -0.137. The molecule has 0 radical (unpaired) electrons. The van der Waals surface area contributed by atoms with Crippen molar-refractivity contribution in [3.05, 3.63) is 20.8 Å². The number of rotatable bonds is 5. The summed E-state index contributed by atoms with van der Waals surface area (Å²) < 4.78 is 0.893. The van der Waals surface area contributed by atoms with Gasteiger partial charge in [0, 0.05) is 46.3 Å². The maximum Gasteiger partial charge on any atom is 0.264 e. The van der Waals surface area contributed by atoms with Crippen LogP contribution in [0.15, 0.2) is 15.9 Å². The fourth-order valence-corrected chi connectivity index (χ4v) is 5.69. The summed E-state index contributed by atoms with van der Waals surface area (Å²) >= 11 is 4.72. The van der Waals surface area contributed by atoms with Gasteiger partial charge in [0.05, 0.1) is 21.8 Å². The van der Waals surface area contributed by atoms with E-state index in [1.165, 1.54) is 22.7 Å². The van der Waals surface area contributed by atoms with E-state index >= 15 is 0 Å². The van der Waals surface area contributed by atoms with Gasteiger partial charge in [-0.1, -0.05) is 13.8 Å². The van der Waals surface area contributed by atoms with E-state index in [1.54, 1.807) is 18.0 Å². The van der Waals surface area contributed by atoms with Crippen molar-refractivity contribution in [2.75, 3.05) is 59.4 Å². The van der Waals surface area contributed by atoms with Crippen molar-refractivity contribution in [2.45, 2.75) is 20.3 Å². The van der Waals surface area contributed by atoms with Gasteiger partial charge >= 0.3 is 0 Å². The zero-order valence-electron chi connectivity index (χ0n) is 18.0. The molecule has 1 aromatic rings. The standard InChI is InChI=1S/C21H31BrN4O3S/c1-15-10-16(2)12-26(11-15)20(28)14-24-6-8-25(9-7-24)19(27)13-23(3)21(29)17-4-5-18(22)30-17/h4-5,15-16H,6-14H2,1-3H3. The van der Waals surface area contributed by atoms with E-state index in [2.05, 4.69) is 34.7 Å². The molecule has 2 fully saturated rings. The number of likely N-dealkylation sites (tertiary alicyclic amines) is 1. The predicted molar refractivity (Wildman–Crippen MR) is 122 cm³/mol. The molecule has 0 aliphatic carbocycles. The van der Waals surface area contributed by atoms with E-state index in [-0.39, 0.29) is 24.3 Å². The van der Waals surface area contributed by atoms with Crippen molar-refractivity contribution in [3.8, 4) is 0 Å². The first kappa shape index (κ1) is 23.2. The highest BCUT2D eigenvalue weighted by Gasteiger charge is 2.29. The van der Waals surface area contributed by atoms with Crippen molar-refractivity contribution >= 4 is 45.0 Å². The third kappa shape index (κ3) is 6.04. The fourth-order valence-electron chi connectivity index (χ4n) is 4.31. The molecule has 1 aromatic heterocycles. The van der Waals surface area contributed by atoms with Crippen LogP contribution in [0.3, 0.4) is 0 Å². The molecule has 3 heterocycles. The second-order valence-corrected chi connectivity index (χ2v) is 11.1. The van der Waals surface area contributed by atoms with Crippen LogP contribution in [0.25, 0.3) is 0 Å². The largest absolute Gasteiger partial charge is 0.341 e. The SMILES string of the molecule is CC1CC(C)CN(C(=O)CN2CCN(C(=O)CN(C)C(=O)c3ccc(Br)s3)CC2)C1. The predicted octanol–water partition coefficient (Wildman–Crippen LogP) is 2.23. The minimum Gasteiger partial charge on any atom is -0.341 e. The van der Waals surface area contributed by atoms with Crippen LogP contribution in [0.4, 0.5) is 0 Å². The van der Waals surface area contributed by atoms with Gasteiger partial charge in [0.2, 0.25) is 11.8 Å². The lowest BCUT2D eigenvalue weighted by atomic mass is 9.92.